The van der Waals surface area contributed by atoms with Crippen molar-refractivity contribution in [3.63, 3.8) is 0 Å². The maximum atomic E-state index is 13.3. The number of hydrogen-bond acceptors (Lipinski definition) is 3. The average Bonchev–Trinajstić information content (AvgIpc) is 3.05. The first-order chi connectivity index (χ1) is 12.6. The van der Waals surface area contributed by atoms with Gasteiger partial charge < -0.3 is 5.32 Å². The molecule has 0 aliphatic carbocycles. The van der Waals surface area contributed by atoms with E-state index in [0.717, 1.165) is 28.9 Å². The van der Waals surface area contributed by atoms with E-state index in [1.807, 2.05) is 30.3 Å². The van der Waals surface area contributed by atoms with E-state index in [1.54, 1.807) is 10.9 Å². The minimum absolute atomic E-state index is 0.351. The Kier molecular flexibility index (Phi) is 6.01. The molecule has 0 aliphatic heterocycles. The summed E-state index contributed by atoms with van der Waals surface area (Å²) in [7, 11) is 0. The van der Waals surface area contributed by atoms with Crippen molar-refractivity contribution in [1.29, 1.82) is 0 Å². The molecule has 3 aromatic rings. The molecule has 1 N–H and O–H groups in total. The molecule has 0 saturated carbocycles. The third-order valence-corrected chi connectivity index (χ3v) is 4.68. The molecular formula is C20H22ClFN4. The lowest BCUT2D eigenvalue weighted by Gasteiger charge is -2.10. The Balaban J connectivity index is 1.90. The van der Waals surface area contributed by atoms with E-state index in [0.29, 0.717) is 24.2 Å². The van der Waals surface area contributed by atoms with Gasteiger partial charge in [-0.2, -0.15) is 15.0 Å². The van der Waals surface area contributed by atoms with Crippen LogP contribution < -0.4 is 5.32 Å². The first kappa shape index (κ1) is 18.5. The van der Waals surface area contributed by atoms with Crippen molar-refractivity contribution in [3.8, 4) is 11.3 Å². The van der Waals surface area contributed by atoms with Gasteiger partial charge in [0.25, 0.3) is 0 Å². The maximum absolute atomic E-state index is 13.3. The molecule has 0 unspecified atom stereocenters. The summed E-state index contributed by atoms with van der Waals surface area (Å²) in [5, 5.41) is 13.1. The van der Waals surface area contributed by atoms with E-state index in [-0.39, 0.29) is 5.82 Å². The molecule has 1 heterocycles. The minimum Gasteiger partial charge on any atom is -0.309 e. The third-order valence-electron chi connectivity index (χ3n) is 4.33. The molecule has 26 heavy (non-hydrogen) atoms. The monoisotopic (exact) mass is 372 g/mol. The van der Waals surface area contributed by atoms with E-state index in [1.165, 1.54) is 12.1 Å². The Morgan fingerprint density at radius 1 is 1.15 bits per heavy atom. The van der Waals surface area contributed by atoms with Gasteiger partial charge in [0.15, 0.2) is 0 Å². The predicted molar refractivity (Wildman–Crippen MR) is 103 cm³/mol. The maximum Gasteiger partial charge on any atom is 0.124 e. The highest BCUT2D eigenvalue weighted by Gasteiger charge is 2.15. The van der Waals surface area contributed by atoms with Crippen molar-refractivity contribution in [2.75, 3.05) is 0 Å². The highest BCUT2D eigenvalue weighted by atomic mass is 35.5. The first-order valence-electron chi connectivity index (χ1n) is 8.73. The molecule has 0 bridgehead atoms. The van der Waals surface area contributed by atoms with Crippen LogP contribution in [0, 0.1) is 5.82 Å². The molecule has 4 nitrogen and oxygen atoms in total. The fourth-order valence-corrected chi connectivity index (χ4v) is 2.84. The van der Waals surface area contributed by atoms with Crippen molar-refractivity contribution in [3.05, 3.63) is 70.6 Å². The number of aromatic nitrogens is 3. The standard InChI is InChI=1S/C20H22ClFN4/c1-3-14(2)23-12-19-20(15-7-5-4-6-8-15)25-26(24-19)13-16-9-10-17(22)11-18(16)21/h4-11,14,23H,3,12-13H2,1-2H3/t14-/m1/s1. The second kappa shape index (κ2) is 8.43. The van der Waals surface area contributed by atoms with Crippen LogP contribution in [0.15, 0.2) is 48.5 Å². The highest BCUT2D eigenvalue weighted by Crippen LogP contribution is 2.22. The Morgan fingerprint density at radius 2 is 1.92 bits per heavy atom. The minimum atomic E-state index is -0.351. The van der Waals surface area contributed by atoms with Crippen LogP contribution in [0.1, 0.15) is 31.5 Å². The van der Waals surface area contributed by atoms with E-state index < -0.39 is 0 Å². The van der Waals surface area contributed by atoms with Crippen LogP contribution in [0.2, 0.25) is 5.02 Å². The van der Waals surface area contributed by atoms with Crippen molar-refractivity contribution in [2.24, 2.45) is 0 Å². The SMILES string of the molecule is CC[C@@H](C)NCc1nn(Cc2ccc(F)cc2Cl)nc1-c1ccccc1. The molecular weight excluding hydrogens is 351 g/mol. The van der Waals surface area contributed by atoms with Crippen LogP contribution in [0.5, 0.6) is 0 Å². The molecule has 0 saturated heterocycles. The summed E-state index contributed by atoms with van der Waals surface area (Å²) in [4.78, 5) is 1.62. The zero-order valence-electron chi connectivity index (χ0n) is 14.9. The van der Waals surface area contributed by atoms with E-state index >= 15 is 0 Å². The van der Waals surface area contributed by atoms with Crippen LogP contribution in [-0.4, -0.2) is 21.0 Å². The number of nitrogens with zero attached hydrogens (tertiary/aromatic N) is 3. The molecule has 2 aromatic carbocycles. The Labute approximate surface area is 158 Å². The van der Waals surface area contributed by atoms with Crippen molar-refractivity contribution >= 4 is 11.6 Å². The van der Waals surface area contributed by atoms with Crippen LogP contribution >= 0.6 is 11.6 Å². The number of rotatable bonds is 7. The molecule has 0 fully saturated rings. The molecule has 136 valence electrons. The zero-order valence-corrected chi connectivity index (χ0v) is 15.7. The third kappa shape index (κ3) is 4.48. The van der Waals surface area contributed by atoms with Gasteiger partial charge in [0, 0.05) is 23.2 Å². The van der Waals surface area contributed by atoms with Gasteiger partial charge in [0.2, 0.25) is 0 Å². The van der Waals surface area contributed by atoms with Gasteiger partial charge >= 0.3 is 0 Å². The predicted octanol–water partition coefficient (Wildman–Crippen LogP) is 4.67. The quantitative estimate of drug-likeness (QED) is 0.655. The highest BCUT2D eigenvalue weighted by molar-refractivity contribution is 6.31. The van der Waals surface area contributed by atoms with Crippen LogP contribution in [-0.2, 0) is 13.1 Å². The normalized spacial score (nSPS) is 12.3. The summed E-state index contributed by atoms with van der Waals surface area (Å²) in [6.45, 7) is 5.31. The second-order valence-electron chi connectivity index (χ2n) is 6.32. The van der Waals surface area contributed by atoms with Crippen LogP contribution in [0.3, 0.4) is 0 Å². The number of benzene rings is 2. The van der Waals surface area contributed by atoms with Crippen molar-refractivity contribution in [2.45, 2.75) is 39.4 Å². The topological polar surface area (TPSA) is 42.7 Å². The summed E-state index contributed by atoms with van der Waals surface area (Å²) in [5.41, 5.74) is 3.53. The smallest absolute Gasteiger partial charge is 0.124 e. The second-order valence-corrected chi connectivity index (χ2v) is 6.72. The molecule has 0 amide bonds. The van der Waals surface area contributed by atoms with Gasteiger partial charge in [-0.05, 0) is 31.0 Å². The van der Waals surface area contributed by atoms with Gasteiger partial charge in [-0.1, -0.05) is 54.9 Å². The van der Waals surface area contributed by atoms with Gasteiger partial charge in [0.1, 0.15) is 17.2 Å². The fraction of sp³-hybridized carbons (Fsp3) is 0.300. The molecule has 1 aromatic heterocycles. The first-order valence-corrected chi connectivity index (χ1v) is 9.11. The molecule has 6 heteroatoms. The molecule has 0 aliphatic rings. The summed E-state index contributed by atoms with van der Waals surface area (Å²) >= 11 is 6.14. The van der Waals surface area contributed by atoms with E-state index in [9.17, 15) is 4.39 Å². The largest absolute Gasteiger partial charge is 0.309 e. The van der Waals surface area contributed by atoms with E-state index in [2.05, 4.69) is 29.4 Å². The fourth-order valence-electron chi connectivity index (χ4n) is 2.61. The summed E-state index contributed by atoms with van der Waals surface area (Å²) in [5.74, 6) is -0.351. The summed E-state index contributed by atoms with van der Waals surface area (Å²) in [6, 6.07) is 14.8. The molecule has 0 spiro atoms. The lowest BCUT2D eigenvalue weighted by Crippen LogP contribution is -2.25. The lowest BCUT2D eigenvalue weighted by atomic mass is 10.1. The Hall–Kier alpha value is -2.24. The van der Waals surface area contributed by atoms with E-state index in [4.69, 9.17) is 11.6 Å². The molecule has 3 rings (SSSR count). The van der Waals surface area contributed by atoms with Crippen molar-refractivity contribution in [1.82, 2.24) is 20.3 Å². The lowest BCUT2D eigenvalue weighted by molar-refractivity contribution is 0.520. The Bertz CT molecular complexity index is 864. The molecule has 0 radical (unpaired) electrons. The number of hydrogen-bond donors (Lipinski definition) is 1. The Morgan fingerprint density at radius 3 is 2.62 bits per heavy atom. The number of nitrogens with one attached hydrogen (secondary N) is 1. The van der Waals surface area contributed by atoms with Gasteiger partial charge in [-0.25, -0.2) is 4.39 Å². The van der Waals surface area contributed by atoms with Crippen molar-refractivity contribution < 1.29 is 4.39 Å². The summed E-state index contributed by atoms with van der Waals surface area (Å²) < 4.78 is 13.3. The average molecular weight is 373 g/mol. The zero-order chi connectivity index (χ0) is 18.5. The van der Waals surface area contributed by atoms with Crippen LogP contribution in [0.25, 0.3) is 11.3 Å². The summed E-state index contributed by atoms with van der Waals surface area (Å²) in [6.07, 6.45) is 1.04. The molecule has 1 atom stereocenters. The van der Waals surface area contributed by atoms with Gasteiger partial charge in [-0.3, -0.25) is 0 Å². The van der Waals surface area contributed by atoms with Crippen LogP contribution in [0.4, 0.5) is 4.39 Å². The van der Waals surface area contributed by atoms with Gasteiger partial charge in [-0.15, -0.1) is 0 Å². The van der Waals surface area contributed by atoms with Gasteiger partial charge in [0.05, 0.1) is 6.54 Å². The number of halogens is 2.